The van der Waals surface area contributed by atoms with E-state index in [-0.39, 0.29) is 0 Å². The molecule has 0 aliphatic carbocycles. The zero-order valence-electron chi connectivity index (χ0n) is 12.5. The van der Waals surface area contributed by atoms with Crippen LogP contribution in [-0.4, -0.2) is 0 Å². The highest BCUT2D eigenvalue weighted by atomic mass is 16.5. The second-order valence-corrected chi connectivity index (χ2v) is 5.59. The molecule has 2 rings (SSSR count). The van der Waals surface area contributed by atoms with Gasteiger partial charge in [0.05, 0.1) is 5.60 Å². The Morgan fingerprint density at radius 2 is 1.30 bits per heavy atom. The minimum absolute atomic E-state index is 0.443. The second kappa shape index (κ2) is 5.78. The Kier molecular flexibility index (Phi) is 4.26. The van der Waals surface area contributed by atoms with E-state index < -0.39 is 11.3 Å². The molecule has 0 aromatic heterocycles. The predicted molar refractivity (Wildman–Crippen MR) is 83.2 cm³/mol. The van der Waals surface area contributed by atoms with Crippen LogP contribution in [0, 0.1) is 0 Å². The molecular weight excluding hydrogens is 246 g/mol. The molecule has 2 heteroatoms. The Bertz CT molecular complexity index is 536. The number of ether oxygens (including phenoxy) is 1. The molecule has 2 N–H and O–H groups in total. The molecule has 106 valence electrons. The van der Waals surface area contributed by atoms with Crippen LogP contribution in [-0.2, 0) is 16.1 Å². The standard InChI is InChI=1S/C18H23NO/c1-4-18(19,16-13-9-6-10-14-16)20-17(2,3)15-11-7-5-8-12-15/h5-14H,4,19H2,1-3H3. The first-order valence-electron chi connectivity index (χ1n) is 7.08. The van der Waals surface area contributed by atoms with Crippen molar-refractivity contribution in [2.75, 3.05) is 0 Å². The molecule has 2 aromatic rings. The van der Waals surface area contributed by atoms with Gasteiger partial charge in [-0.2, -0.15) is 0 Å². The largest absolute Gasteiger partial charge is 0.346 e. The van der Waals surface area contributed by atoms with Gasteiger partial charge in [-0.05, 0) is 31.4 Å². The molecule has 0 aliphatic rings. The van der Waals surface area contributed by atoms with E-state index in [0.29, 0.717) is 6.42 Å². The van der Waals surface area contributed by atoms with Gasteiger partial charge in [-0.15, -0.1) is 0 Å². The fourth-order valence-electron chi connectivity index (χ4n) is 2.41. The van der Waals surface area contributed by atoms with Gasteiger partial charge in [0.15, 0.2) is 0 Å². The highest BCUT2D eigenvalue weighted by molar-refractivity contribution is 5.24. The van der Waals surface area contributed by atoms with E-state index >= 15 is 0 Å². The van der Waals surface area contributed by atoms with E-state index in [4.69, 9.17) is 10.5 Å². The van der Waals surface area contributed by atoms with Gasteiger partial charge in [-0.1, -0.05) is 67.6 Å². The van der Waals surface area contributed by atoms with Crippen molar-refractivity contribution >= 4 is 0 Å². The van der Waals surface area contributed by atoms with Crippen molar-refractivity contribution in [3.63, 3.8) is 0 Å². The van der Waals surface area contributed by atoms with Crippen LogP contribution in [0.1, 0.15) is 38.3 Å². The molecule has 0 radical (unpaired) electrons. The van der Waals surface area contributed by atoms with Crippen LogP contribution in [0.25, 0.3) is 0 Å². The third-order valence-electron chi connectivity index (χ3n) is 3.69. The lowest BCUT2D eigenvalue weighted by Crippen LogP contribution is -2.44. The Hall–Kier alpha value is -1.64. The fourth-order valence-corrected chi connectivity index (χ4v) is 2.41. The van der Waals surface area contributed by atoms with Gasteiger partial charge in [0.2, 0.25) is 0 Å². The van der Waals surface area contributed by atoms with E-state index in [1.807, 2.05) is 55.5 Å². The molecule has 1 atom stereocenters. The van der Waals surface area contributed by atoms with Gasteiger partial charge in [-0.3, -0.25) is 5.73 Å². The van der Waals surface area contributed by atoms with Crippen molar-refractivity contribution in [3.8, 4) is 0 Å². The smallest absolute Gasteiger partial charge is 0.143 e. The lowest BCUT2D eigenvalue weighted by Gasteiger charge is -2.38. The number of nitrogens with two attached hydrogens (primary N) is 1. The summed E-state index contributed by atoms with van der Waals surface area (Å²) in [6.45, 7) is 6.17. The summed E-state index contributed by atoms with van der Waals surface area (Å²) in [4.78, 5) is 0. The van der Waals surface area contributed by atoms with Crippen LogP contribution in [0.3, 0.4) is 0 Å². The number of benzene rings is 2. The zero-order valence-corrected chi connectivity index (χ0v) is 12.5. The molecule has 2 nitrogen and oxygen atoms in total. The normalized spacial score (nSPS) is 14.8. The fraction of sp³-hybridized carbons (Fsp3) is 0.333. The van der Waals surface area contributed by atoms with Crippen molar-refractivity contribution in [1.29, 1.82) is 0 Å². The Balaban J connectivity index is 2.30. The minimum atomic E-state index is -0.777. The molecule has 0 saturated carbocycles. The maximum Gasteiger partial charge on any atom is 0.143 e. The molecule has 0 aliphatic heterocycles. The highest BCUT2D eigenvalue weighted by Crippen LogP contribution is 2.34. The maximum atomic E-state index is 6.52. The SMILES string of the molecule is CCC(N)(OC(C)(C)c1ccccc1)c1ccccc1. The third kappa shape index (κ3) is 3.09. The highest BCUT2D eigenvalue weighted by Gasteiger charge is 2.34. The van der Waals surface area contributed by atoms with E-state index in [1.165, 1.54) is 0 Å². The zero-order chi connectivity index (χ0) is 14.6. The molecule has 2 aromatic carbocycles. The number of hydrogen-bond acceptors (Lipinski definition) is 2. The summed E-state index contributed by atoms with van der Waals surface area (Å²) in [5.74, 6) is 0. The van der Waals surface area contributed by atoms with Crippen molar-refractivity contribution < 1.29 is 4.74 Å². The molecular formula is C18H23NO. The van der Waals surface area contributed by atoms with Gasteiger partial charge in [-0.25, -0.2) is 0 Å². The van der Waals surface area contributed by atoms with Crippen molar-refractivity contribution in [2.45, 2.75) is 38.5 Å². The Morgan fingerprint density at radius 1 is 0.850 bits per heavy atom. The Morgan fingerprint density at radius 3 is 1.75 bits per heavy atom. The first-order valence-corrected chi connectivity index (χ1v) is 7.08. The lowest BCUT2D eigenvalue weighted by molar-refractivity contribution is -0.151. The van der Waals surface area contributed by atoms with Gasteiger partial charge >= 0.3 is 0 Å². The molecule has 20 heavy (non-hydrogen) atoms. The minimum Gasteiger partial charge on any atom is -0.346 e. The van der Waals surface area contributed by atoms with Gasteiger partial charge < -0.3 is 4.74 Å². The van der Waals surface area contributed by atoms with Crippen molar-refractivity contribution in [2.24, 2.45) is 5.73 Å². The van der Waals surface area contributed by atoms with Crippen LogP contribution < -0.4 is 5.73 Å². The lowest BCUT2D eigenvalue weighted by atomic mass is 9.94. The van der Waals surface area contributed by atoms with Crippen molar-refractivity contribution in [3.05, 3.63) is 71.8 Å². The van der Waals surface area contributed by atoms with Gasteiger partial charge in [0, 0.05) is 0 Å². The third-order valence-corrected chi connectivity index (χ3v) is 3.69. The van der Waals surface area contributed by atoms with E-state index in [0.717, 1.165) is 11.1 Å². The average Bonchev–Trinajstić information content (AvgIpc) is 2.48. The van der Waals surface area contributed by atoms with Crippen LogP contribution >= 0.6 is 0 Å². The quantitative estimate of drug-likeness (QED) is 0.827. The van der Waals surface area contributed by atoms with Crippen LogP contribution in [0.4, 0.5) is 0 Å². The summed E-state index contributed by atoms with van der Waals surface area (Å²) in [6.07, 6.45) is 0.716. The van der Waals surface area contributed by atoms with E-state index in [9.17, 15) is 0 Å². The average molecular weight is 269 g/mol. The summed E-state index contributed by atoms with van der Waals surface area (Å²) in [6, 6.07) is 20.2. The molecule has 1 unspecified atom stereocenters. The predicted octanol–water partition coefficient (Wildman–Crippen LogP) is 4.16. The van der Waals surface area contributed by atoms with Crippen LogP contribution in [0.15, 0.2) is 60.7 Å². The summed E-state index contributed by atoms with van der Waals surface area (Å²) in [7, 11) is 0. The van der Waals surface area contributed by atoms with Crippen LogP contribution in [0.2, 0.25) is 0 Å². The summed E-state index contributed by atoms with van der Waals surface area (Å²) in [5, 5.41) is 0. The number of hydrogen-bond donors (Lipinski definition) is 1. The van der Waals surface area contributed by atoms with E-state index in [2.05, 4.69) is 26.0 Å². The molecule has 0 spiro atoms. The molecule has 0 fully saturated rings. The van der Waals surface area contributed by atoms with Gasteiger partial charge in [0.1, 0.15) is 5.72 Å². The number of rotatable bonds is 5. The monoisotopic (exact) mass is 269 g/mol. The first-order chi connectivity index (χ1) is 9.48. The molecule has 0 bridgehead atoms. The van der Waals surface area contributed by atoms with Gasteiger partial charge in [0.25, 0.3) is 0 Å². The van der Waals surface area contributed by atoms with Crippen molar-refractivity contribution in [1.82, 2.24) is 0 Å². The summed E-state index contributed by atoms with van der Waals surface area (Å²) < 4.78 is 6.32. The second-order valence-electron chi connectivity index (χ2n) is 5.59. The Labute approximate surface area is 121 Å². The molecule has 0 saturated heterocycles. The molecule has 0 amide bonds. The summed E-state index contributed by atoms with van der Waals surface area (Å²) in [5.41, 5.74) is 7.43. The molecule has 0 heterocycles. The maximum absolute atomic E-state index is 6.52. The van der Waals surface area contributed by atoms with Crippen LogP contribution in [0.5, 0.6) is 0 Å². The topological polar surface area (TPSA) is 35.2 Å². The first kappa shape index (κ1) is 14.8. The van der Waals surface area contributed by atoms with E-state index in [1.54, 1.807) is 0 Å². The summed E-state index contributed by atoms with van der Waals surface area (Å²) >= 11 is 0.